The van der Waals surface area contributed by atoms with E-state index >= 15 is 0 Å². The Morgan fingerprint density at radius 3 is 1.92 bits per heavy atom. The predicted molar refractivity (Wildman–Crippen MR) is 58.6 cm³/mol. The summed E-state index contributed by atoms with van der Waals surface area (Å²) in [6, 6.07) is 0. The lowest BCUT2D eigenvalue weighted by Crippen LogP contribution is -1.74. The van der Waals surface area contributed by atoms with Gasteiger partial charge in [-0.25, -0.2) is 0 Å². The Kier molecular flexibility index (Phi) is 10.5. The number of hydrogen-bond acceptors (Lipinski definition) is 1. The van der Waals surface area contributed by atoms with Crippen LogP contribution in [0.2, 0.25) is 0 Å². The molecule has 1 nitrogen and oxygen atoms in total. The van der Waals surface area contributed by atoms with E-state index in [1.54, 1.807) is 0 Å². The minimum Gasteiger partial charge on any atom is -0.396 e. The summed E-state index contributed by atoms with van der Waals surface area (Å²) in [7, 11) is 0. The molecule has 74 valence electrons. The first-order valence-corrected chi connectivity index (χ1v) is 4.97. The van der Waals surface area contributed by atoms with E-state index in [1.165, 1.54) is 0 Å². The molecule has 0 atom stereocenters. The van der Waals surface area contributed by atoms with Crippen molar-refractivity contribution < 1.29 is 5.11 Å². The van der Waals surface area contributed by atoms with Crippen LogP contribution in [-0.4, -0.2) is 11.7 Å². The van der Waals surface area contributed by atoms with E-state index < -0.39 is 0 Å². The molecule has 0 unspecified atom stereocenters. The molecule has 0 aliphatic carbocycles. The molecule has 0 spiro atoms. The highest BCUT2D eigenvalue weighted by atomic mass is 16.2. The van der Waals surface area contributed by atoms with Crippen molar-refractivity contribution in [2.45, 2.75) is 32.6 Å². The topological polar surface area (TPSA) is 20.2 Å². The lowest BCUT2D eigenvalue weighted by atomic mass is 10.2. The van der Waals surface area contributed by atoms with Crippen molar-refractivity contribution in [3.63, 3.8) is 0 Å². The molecule has 0 aromatic heterocycles. The summed E-state index contributed by atoms with van der Waals surface area (Å²) in [5, 5.41) is 8.49. The first kappa shape index (κ1) is 12.2. The van der Waals surface area contributed by atoms with Crippen LogP contribution in [0.15, 0.2) is 36.5 Å². The molecule has 0 saturated heterocycles. The summed E-state index contributed by atoms with van der Waals surface area (Å²) in [4.78, 5) is 0. The summed E-state index contributed by atoms with van der Waals surface area (Å²) in [6.07, 6.45) is 16.6. The van der Waals surface area contributed by atoms with Crippen molar-refractivity contribution in [1.82, 2.24) is 0 Å². The van der Waals surface area contributed by atoms with Gasteiger partial charge in [-0.2, -0.15) is 0 Å². The second kappa shape index (κ2) is 11.2. The Bertz CT molecular complexity index is 166. The summed E-state index contributed by atoms with van der Waals surface area (Å²) < 4.78 is 0. The van der Waals surface area contributed by atoms with Gasteiger partial charge in [-0.1, -0.05) is 43.4 Å². The Labute approximate surface area is 81.5 Å². The van der Waals surface area contributed by atoms with Gasteiger partial charge >= 0.3 is 0 Å². The molecule has 0 fully saturated rings. The first-order chi connectivity index (χ1) is 6.41. The van der Waals surface area contributed by atoms with Gasteiger partial charge in [0.05, 0.1) is 0 Å². The van der Waals surface area contributed by atoms with Crippen molar-refractivity contribution in [3.8, 4) is 0 Å². The van der Waals surface area contributed by atoms with Gasteiger partial charge in [0.1, 0.15) is 0 Å². The average Bonchev–Trinajstić information content (AvgIpc) is 2.16. The van der Waals surface area contributed by atoms with Crippen molar-refractivity contribution in [1.29, 1.82) is 0 Å². The summed E-state index contributed by atoms with van der Waals surface area (Å²) in [6.45, 7) is 2.39. The van der Waals surface area contributed by atoms with Gasteiger partial charge in [0.25, 0.3) is 0 Å². The fourth-order valence-electron chi connectivity index (χ4n) is 0.901. The van der Waals surface area contributed by atoms with Crippen LogP contribution < -0.4 is 0 Å². The molecule has 0 bridgehead atoms. The van der Waals surface area contributed by atoms with Crippen LogP contribution >= 0.6 is 0 Å². The molecule has 1 heteroatoms. The van der Waals surface area contributed by atoms with Gasteiger partial charge in [0.2, 0.25) is 0 Å². The lowest BCUT2D eigenvalue weighted by molar-refractivity contribution is 0.302. The Hall–Kier alpha value is -0.820. The number of aliphatic hydroxyl groups is 1. The van der Waals surface area contributed by atoms with Crippen LogP contribution in [0.4, 0.5) is 0 Å². The minimum absolute atomic E-state index is 0.249. The second-order valence-electron chi connectivity index (χ2n) is 2.81. The van der Waals surface area contributed by atoms with Gasteiger partial charge in [-0.15, -0.1) is 0 Å². The van der Waals surface area contributed by atoms with Gasteiger partial charge < -0.3 is 5.11 Å². The zero-order valence-electron chi connectivity index (χ0n) is 8.45. The highest BCUT2D eigenvalue weighted by molar-refractivity contribution is 4.96. The van der Waals surface area contributed by atoms with Gasteiger partial charge in [0.15, 0.2) is 0 Å². The summed E-state index contributed by atoms with van der Waals surface area (Å²) >= 11 is 0. The third kappa shape index (κ3) is 11.2. The van der Waals surface area contributed by atoms with Crippen LogP contribution in [0, 0.1) is 0 Å². The monoisotopic (exact) mass is 180 g/mol. The van der Waals surface area contributed by atoms with E-state index in [-0.39, 0.29) is 6.61 Å². The molecular weight excluding hydrogens is 160 g/mol. The molecule has 0 heterocycles. The van der Waals surface area contributed by atoms with E-state index in [2.05, 4.69) is 37.3 Å². The van der Waals surface area contributed by atoms with E-state index in [1.807, 2.05) is 6.08 Å². The maximum Gasteiger partial charge on any atom is 0.0465 e. The second-order valence-corrected chi connectivity index (χ2v) is 2.81. The minimum atomic E-state index is 0.249. The van der Waals surface area contributed by atoms with Crippen molar-refractivity contribution in [2.75, 3.05) is 6.61 Å². The maximum atomic E-state index is 8.49. The van der Waals surface area contributed by atoms with Crippen molar-refractivity contribution in [2.24, 2.45) is 0 Å². The summed E-state index contributed by atoms with van der Waals surface area (Å²) in [5.74, 6) is 0. The third-order valence-corrected chi connectivity index (χ3v) is 1.58. The van der Waals surface area contributed by atoms with Crippen molar-refractivity contribution >= 4 is 0 Å². The van der Waals surface area contributed by atoms with E-state index in [0.717, 1.165) is 25.7 Å². The molecule has 0 saturated carbocycles. The van der Waals surface area contributed by atoms with Gasteiger partial charge in [-0.3, -0.25) is 0 Å². The largest absolute Gasteiger partial charge is 0.396 e. The molecule has 0 aromatic carbocycles. The lowest BCUT2D eigenvalue weighted by Gasteiger charge is -1.84. The predicted octanol–water partition coefficient (Wildman–Crippen LogP) is 3.23. The fraction of sp³-hybridized carbons (Fsp3) is 0.500. The highest BCUT2D eigenvalue weighted by Crippen LogP contribution is 1.92. The number of aliphatic hydroxyl groups excluding tert-OH is 1. The Balaban J connectivity index is 3.26. The Morgan fingerprint density at radius 1 is 0.846 bits per heavy atom. The quantitative estimate of drug-likeness (QED) is 0.596. The van der Waals surface area contributed by atoms with Crippen LogP contribution in [0.3, 0.4) is 0 Å². The molecule has 0 aromatic rings. The molecular formula is C12H20O. The fourth-order valence-corrected chi connectivity index (χ4v) is 0.901. The highest BCUT2D eigenvalue weighted by Gasteiger charge is 1.74. The van der Waals surface area contributed by atoms with Crippen LogP contribution in [-0.2, 0) is 0 Å². The molecule has 0 aliphatic heterocycles. The molecule has 0 radical (unpaired) electrons. The standard InChI is InChI=1S/C12H20O/c1-2-3-4-5-6-7-8-9-10-11-12-13/h3-4,6-7,9-10,13H,2,5,8,11-12H2,1H3/b4-3-,7-6-,10-9-. The van der Waals surface area contributed by atoms with Crippen LogP contribution in [0.25, 0.3) is 0 Å². The van der Waals surface area contributed by atoms with Crippen LogP contribution in [0.1, 0.15) is 32.6 Å². The van der Waals surface area contributed by atoms with E-state index in [4.69, 9.17) is 5.11 Å². The molecule has 13 heavy (non-hydrogen) atoms. The third-order valence-electron chi connectivity index (χ3n) is 1.58. The molecule has 0 aliphatic rings. The van der Waals surface area contributed by atoms with Crippen LogP contribution in [0.5, 0.6) is 0 Å². The molecule has 0 amide bonds. The summed E-state index contributed by atoms with van der Waals surface area (Å²) in [5.41, 5.74) is 0. The molecule has 1 N–H and O–H groups in total. The van der Waals surface area contributed by atoms with E-state index in [0.29, 0.717) is 0 Å². The van der Waals surface area contributed by atoms with Gasteiger partial charge in [-0.05, 0) is 25.7 Å². The maximum absolute atomic E-state index is 8.49. The van der Waals surface area contributed by atoms with Crippen molar-refractivity contribution in [3.05, 3.63) is 36.5 Å². The zero-order chi connectivity index (χ0) is 9.78. The number of hydrogen-bond donors (Lipinski definition) is 1. The normalized spacial score (nSPS) is 12.5. The number of rotatable bonds is 7. The smallest absolute Gasteiger partial charge is 0.0465 e. The number of allylic oxidation sites excluding steroid dienone is 5. The van der Waals surface area contributed by atoms with Gasteiger partial charge in [0, 0.05) is 6.61 Å². The zero-order valence-corrected chi connectivity index (χ0v) is 8.45. The Morgan fingerprint density at radius 2 is 1.38 bits per heavy atom. The first-order valence-electron chi connectivity index (χ1n) is 4.97. The van der Waals surface area contributed by atoms with E-state index in [9.17, 15) is 0 Å². The molecule has 0 rings (SSSR count). The SMILES string of the molecule is CC/C=C\C/C=C\C/C=C\CCO. The average molecular weight is 180 g/mol.